The molecule has 2 nitrogen and oxygen atoms in total. The minimum absolute atomic E-state index is 0.0882. The van der Waals surface area contributed by atoms with Gasteiger partial charge >= 0.3 is 0 Å². The summed E-state index contributed by atoms with van der Waals surface area (Å²) < 4.78 is 6.10. The van der Waals surface area contributed by atoms with E-state index in [0.29, 0.717) is 11.7 Å². The van der Waals surface area contributed by atoms with Crippen molar-refractivity contribution in [2.24, 2.45) is 17.8 Å². The molecule has 1 heterocycles. The van der Waals surface area contributed by atoms with E-state index in [1.807, 2.05) is 0 Å². The van der Waals surface area contributed by atoms with Gasteiger partial charge in [0, 0.05) is 11.8 Å². The first kappa shape index (κ1) is 16.0. The highest BCUT2D eigenvalue weighted by Gasteiger charge is 2.50. The molecule has 20 heavy (non-hydrogen) atoms. The van der Waals surface area contributed by atoms with Crippen LogP contribution < -0.4 is 0 Å². The fourth-order valence-electron chi connectivity index (χ4n) is 4.43. The third kappa shape index (κ3) is 3.44. The molecule has 1 atom stereocenters. The number of hydrogen-bond donors (Lipinski definition) is 0. The second kappa shape index (κ2) is 5.79. The van der Waals surface area contributed by atoms with Gasteiger partial charge < -0.3 is 4.74 Å². The van der Waals surface area contributed by atoms with Crippen molar-refractivity contribution in [1.82, 2.24) is 0 Å². The minimum Gasteiger partial charge on any atom is -0.369 e. The number of carbonyl (C=O) groups excluding carboxylic acids is 1. The SMILES string of the molecule is CCCC1CCC(C(=O)C2CC(C)(C)OC2(C)C)CC1. The van der Waals surface area contributed by atoms with Crippen molar-refractivity contribution in [3.8, 4) is 0 Å². The van der Waals surface area contributed by atoms with Crippen LogP contribution >= 0.6 is 0 Å². The van der Waals surface area contributed by atoms with Crippen LogP contribution in [0.4, 0.5) is 0 Å². The minimum atomic E-state index is -0.291. The molecular formula is C18H32O2. The molecule has 1 aliphatic heterocycles. The van der Waals surface area contributed by atoms with Crippen molar-refractivity contribution in [3.05, 3.63) is 0 Å². The van der Waals surface area contributed by atoms with Gasteiger partial charge in [0.25, 0.3) is 0 Å². The van der Waals surface area contributed by atoms with Gasteiger partial charge in [0.05, 0.1) is 11.2 Å². The van der Waals surface area contributed by atoms with E-state index in [9.17, 15) is 4.79 Å². The van der Waals surface area contributed by atoms with E-state index in [1.165, 1.54) is 25.7 Å². The lowest BCUT2D eigenvalue weighted by atomic mass is 9.72. The Morgan fingerprint density at radius 2 is 1.70 bits per heavy atom. The van der Waals surface area contributed by atoms with Crippen LogP contribution in [0.5, 0.6) is 0 Å². The number of hydrogen-bond acceptors (Lipinski definition) is 2. The van der Waals surface area contributed by atoms with Crippen molar-refractivity contribution in [3.63, 3.8) is 0 Å². The van der Waals surface area contributed by atoms with Crippen LogP contribution in [0.25, 0.3) is 0 Å². The Balaban J connectivity index is 1.96. The highest BCUT2D eigenvalue weighted by atomic mass is 16.5. The predicted molar refractivity (Wildman–Crippen MR) is 82.7 cm³/mol. The fraction of sp³-hybridized carbons (Fsp3) is 0.944. The van der Waals surface area contributed by atoms with E-state index < -0.39 is 0 Å². The quantitative estimate of drug-likeness (QED) is 0.742. The normalized spacial score (nSPS) is 36.0. The average Bonchev–Trinajstić information content (AvgIpc) is 2.58. The number of ketones is 1. The second-order valence-corrected chi connectivity index (χ2v) is 8.13. The maximum Gasteiger partial charge on any atom is 0.142 e. The van der Waals surface area contributed by atoms with Gasteiger partial charge in [-0.1, -0.05) is 19.8 Å². The van der Waals surface area contributed by atoms with Gasteiger partial charge in [-0.2, -0.15) is 0 Å². The lowest BCUT2D eigenvalue weighted by Crippen LogP contribution is -2.38. The van der Waals surface area contributed by atoms with Gasteiger partial charge in [-0.15, -0.1) is 0 Å². The molecule has 0 N–H and O–H groups in total. The molecule has 1 saturated carbocycles. The van der Waals surface area contributed by atoms with Crippen LogP contribution in [0.1, 0.15) is 79.6 Å². The summed E-state index contributed by atoms with van der Waals surface area (Å²) in [5.41, 5.74) is -0.440. The summed E-state index contributed by atoms with van der Waals surface area (Å²) in [4.78, 5) is 12.9. The zero-order valence-corrected chi connectivity index (χ0v) is 14.0. The third-order valence-electron chi connectivity index (χ3n) is 5.36. The first-order chi connectivity index (χ1) is 9.25. The molecule has 1 saturated heterocycles. The van der Waals surface area contributed by atoms with E-state index in [4.69, 9.17) is 4.74 Å². The Morgan fingerprint density at radius 1 is 1.10 bits per heavy atom. The Labute approximate surface area is 124 Å². The largest absolute Gasteiger partial charge is 0.369 e. The predicted octanol–water partition coefficient (Wildman–Crippen LogP) is 4.76. The van der Waals surface area contributed by atoms with Gasteiger partial charge in [-0.25, -0.2) is 0 Å². The molecule has 0 bridgehead atoms. The van der Waals surface area contributed by atoms with Gasteiger partial charge in [-0.3, -0.25) is 4.79 Å². The van der Waals surface area contributed by atoms with Gasteiger partial charge in [0.1, 0.15) is 5.78 Å². The van der Waals surface area contributed by atoms with Crippen molar-refractivity contribution in [1.29, 1.82) is 0 Å². The number of Topliss-reactive ketones (excluding diaryl/α,β-unsaturated/α-hetero) is 1. The highest BCUT2D eigenvalue weighted by molar-refractivity contribution is 5.85. The molecule has 1 aliphatic carbocycles. The monoisotopic (exact) mass is 280 g/mol. The maximum absolute atomic E-state index is 12.9. The van der Waals surface area contributed by atoms with Crippen LogP contribution in [-0.2, 0) is 9.53 Å². The molecule has 2 aliphatic rings. The molecule has 116 valence electrons. The summed E-state index contributed by atoms with van der Waals surface area (Å²) in [6, 6.07) is 0. The summed E-state index contributed by atoms with van der Waals surface area (Å²) >= 11 is 0. The molecule has 0 aromatic rings. The molecule has 0 radical (unpaired) electrons. The second-order valence-electron chi connectivity index (χ2n) is 8.13. The van der Waals surface area contributed by atoms with E-state index in [0.717, 1.165) is 25.2 Å². The van der Waals surface area contributed by atoms with Crippen LogP contribution in [0.15, 0.2) is 0 Å². The maximum atomic E-state index is 12.9. The molecule has 0 aromatic heterocycles. The van der Waals surface area contributed by atoms with Crippen LogP contribution in [-0.4, -0.2) is 17.0 Å². The smallest absolute Gasteiger partial charge is 0.142 e. The van der Waals surface area contributed by atoms with Gasteiger partial charge in [0.15, 0.2) is 0 Å². The highest BCUT2D eigenvalue weighted by Crippen LogP contribution is 2.45. The number of ether oxygens (including phenoxy) is 1. The van der Waals surface area contributed by atoms with E-state index in [2.05, 4.69) is 34.6 Å². The van der Waals surface area contributed by atoms with Gasteiger partial charge in [-0.05, 0) is 65.7 Å². The lowest BCUT2D eigenvalue weighted by Gasteiger charge is -2.32. The topological polar surface area (TPSA) is 26.3 Å². The summed E-state index contributed by atoms with van der Waals surface area (Å²) in [5.74, 6) is 1.74. The first-order valence-corrected chi connectivity index (χ1v) is 8.49. The summed E-state index contributed by atoms with van der Waals surface area (Å²) in [5, 5.41) is 0. The lowest BCUT2D eigenvalue weighted by molar-refractivity contribution is -0.134. The molecular weight excluding hydrogens is 248 g/mol. The van der Waals surface area contributed by atoms with Crippen molar-refractivity contribution >= 4 is 5.78 Å². The third-order valence-corrected chi connectivity index (χ3v) is 5.36. The standard InChI is InChI=1S/C18H32O2/c1-6-7-13-8-10-14(11-9-13)16(19)15-12-17(2,3)20-18(15,4)5/h13-15H,6-12H2,1-5H3. The van der Waals surface area contributed by atoms with Gasteiger partial charge in [0.2, 0.25) is 0 Å². The van der Waals surface area contributed by atoms with E-state index in [1.54, 1.807) is 0 Å². The Kier molecular flexibility index (Phi) is 4.63. The fourth-order valence-corrected chi connectivity index (χ4v) is 4.43. The Hall–Kier alpha value is -0.370. The molecule has 0 aromatic carbocycles. The first-order valence-electron chi connectivity index (χ1n) is 8.49. The number of carbonyl (C=O) groups is 1. The van der Waals surface area contributed by atoms with Crippen molar-refractivity contribution in [2.75, 3.05) is 0 Å². The Bertz CT molecular complexity index is 348. The molecule has 0 spiro atoms. The summed E-state index contributed by atoms with van der Waals surface area (Å²) in [6.07, 6.45) is 8.22. The zero-order chi connectivity index (χ0) is 15.0. The van der Waals surface area contributed by atoms with Crippen LogP contribution in [0, 0.1) is 17.8 Å². The molecule has 2 fully saturated rings. The van der Waals surface area contributed by atoms with Crippen molar-refractivity contribution < 1.29 is 9.53 Å². The molecule has 1 unspecified atom stereocenters. The zero-order valence-electron chi connectivity index (χ0n) is 14.0. The van der Waals surface area contributed by atoms with E-state index >= 15 is 0 Å². The Morgan fingerprint density at radius 3 is 2.15 bits per heavy atom. The summed E-state index contributed by atoms with van der Waals surface area (Å²) in [6.45, 7) is 10.7. The van der Waals surface area contributed by atoms with Crippen LogP contribution in [0.2, 0.25) is 0 Å². The molecule has 2 heteroatoms. The molecule has 0 amide bonds. The summed E-state index contributed by atoms with van der Waals surface area (Å²) in [7, 11) is 0. The van der Waals surface area contributed by atoms with Crippen LogP contribution in [0.3, 0.4) is 0 Å². The molecule has 2 rings (SSSR count). The van der Waals surface area contributed by atoms with E-state index in [-0.39, 0.29) is 17.1 Å². The number of rotatable bonds is 4. The van der Waals surface area contributed by atoms with Crippen molar-refractivity contribution in [2.45, 2.75) is 90.8 Å². The average molecular weight is 280 g/mol.